The lowest BCUT2D eigenvalue weighted by atomic mass is 9.90. The molecule has 1 atom stereocenters. The summed E-state index contributed by atoms with van der Waals surface area (Å²) in [6.07, 6.45) is -5.15. The van der Waals surface area contributed by atoms with E-state index in [2.05, 4.69) is 11.2 Å². The molecule has 1 aliphatic rings. The standard InChI is InChI=1S/C26H17Cl3F7NO2/c1-2-7-37-23(39)24(5-6-24)12-21(38)15-4-3-13(8-17(15)26(34,35)36)20(30)11-16(25(31,32)33)14-9-18(27)22(29)19(28)10-14/h1,3-4,8-11,16H,5-7,12H2,(H,37,39)/b20-11-. The molecule has 2 aromatic carbocycles. The Hall–Kier alpha value is -2.74. The summed E-state index contributed by atoms with van der Waals surface area (Å²) in [5.74, 6) is -3.72. The second-order valence-corrected chi connectivity index (χ2v) is 10.0. The van der Waals surface area contributed by atoms with Crippen molar-refractivity contribution in [2.75, 3.05) is 6.54 Å². The summed E-state index contributed by atoms with van der Waals surface area (Å²) in [6, 6.07) is 3.29. The molecule has 1 N–H and O–H groups in total. The average Bonchev–Trinajstić information content (AvgIpc) is 3.62. The predicted octanol–water partition coefficient (Wildman–Crippen LogP) is 8.42. The van der Waals surface area contributed by atoms with Gasteiger partial charge in [0.25, 0.3) is 0 Å². The fourth-order valence-electron chi connectivity index (χ4n) is 3.90. The Morgan fingerprint density at radius 1 is 1.05 bits per heavy atom. The number of allylic oxidation sites excluding steroid dienone is 1. The molecule has 0 radical (unpaired) electrons. The van der Waals surface area contributed by atoms with Crippen LogP contribution in [-0.4, -0.2) is 24.4 Å². The van der Waals surface area contributed by atoms with E-state index in [0.29, 0.717) is 6.07 Å². The van der Waals surface area contributed by atoms with Crippen molar-refractivity contribution in [1.82, 2.24) is 5.32 Å². The van der Waals surface area contributed by atoms with Gasteiger partial charge < -0.3 is 5.32 Å². The molecule has 1 saturated carbocycles. The fraction of sp³-hybridized carbons (Fsp3) is 0.308. The molecule has 1 unspecified atom stereocenters. The van der Waals surface area contributed by atoms with Crippen LogP contribution in [0.2, 0.25) is 15.1 Å². The molecule has 0 saturated heterocycles. The number of hydrogen-bond acceptors (Lipinski definition) is 2. The summed E-state index contributed by atoms with van der Waals surface area (Å²) in [6.45, 7) is -0.129. The van der Waals surface area contributed by atoms with Crippen LogP contribution in [0.25, 0.3) is 5.83 Å². The zero-order chi connectivity index (χ0) is 29.3. The van der Waals surface area contributed by atoms with Gasteiger partial charge in [-0.15, -0.1) is 6.42 Å². The van der Waals surface area contributed by atoms with E-state index in [1.165, 1.54) is 0 Å². The van der Waals surface area contributed by atoms with Crippen LogP contribution in [0, 0.1) is 17.8 Å². The van der Waals surface area contributed by atoms with E-state index in [4.69, 9.17) is 41.2 Å². The minimum absolute atomic E-state index is 0.0713. The minimum Gasteiger partial charge on any atom is -0.345 e. The van der Waals surface area contributed by atoms with E-state index < -0.39 is 69.9 Å². The lowest BCUT2D eigenvalue weighted by Crippen LogP contribution is -2.34. The summed E-state index contributed by atoms with van der Waals surface area (Å²) < 4.78 is 98.0. The molecule has 1 amide bonds. The quantitative estimate of drug-likeness (QED) is 0.140. The van der Waals surface area contributed by atoms with Crippen LogP contribution in [0.4, 0.5) is 30.7 Å². The maximum absolute atomic E-state index is 15.0. The number of halogens is 10. The van der Waals surface area contributed by atoms with Gasteiger partial charge in [0, 0.05) is 17.5 Å². The number of hydrogen-bond donors (Lipinski definition) is 1. The van der Waals surface area contributed by atoms with Gasteiger partial charge >= 0.3 is 12.4 Å². The topological polar surface area (TPSA) is 46.2 Å². The highest BCUT2D eigenvalue weighted by Crippen LogP contribution is 2.50. The number of ketones is 1. The lowest BCUT2D eigenvalue weighted by Gasteiger charge is -2.19. The Morgan fingerprint density at radius 2 is 1.64 bits per heavy atom. The van der Waals surface area contributed by atoms with Gasteiger partial charge in [0.2, 0.25) is 5.91 Å². The molecule has 0 aliphatic heterocycles. The monoisotopic (exact) mass is 613 g/mol. The van der Waals surface area contributed by atoms with Gasteiger partial charge in [0.1, 0.15) is 11.7 Å². The van der Waals surface area contributed by atoms with Crippen molar-refractivity contribution in [3.05, 3.63) is 73.7 Å². The van der Waals surface area contributed by atoms with Gasteiger partial charge in [-0.2, -0.15) is 26.3 Å². The van der Waals surface area contributed by atoms with E-state index in [-0.39, 0.29) is 46.6 Å². The van der Waals surface area contributed by atoms with E-state index in [0.717, 1.165) is 18.2 Å². The van der Waals surface area contributed by atoms with Crippen molar-refractivity contribution in [2.24, 2.45) is 5.41 Å². The first-order valence-corrected chi connectivity index (χ1v) is 12.2. The third-order valence-electron chi connectivity index (χ3n) is 6.12. The van der Waals surface area contributed by atoms with Crippen LogP contribution in [0.3, 0.4) is 0 Å². The maximum atomic E-state index is 15.0. The second-order valence-electron chi connectivity index (χ2n) is 8.86. The zero-order valence-corrected chi connectivity index (χ0v) is 21.8. The van der Waals surface area contributed by atoms with E-state index in [1.807, 2.05) is 0 Å². The maximum Gasteiger partial charge on any atom is 0.417 e. The fourth-order valence-corrected chi connectivity index (χ4v) is 4.52. The molecule has 3 rings (SSSR count). The molecular weight excluding hydrogens is 598 g/mol. The first kappa shape index (κ1) is 30.8. The second kappa shape index (κ2) is 11.4. The van der Waals surface area contributed by atoms with Gasteiger partial charge in [0.15, 0.2) is 5.78 Å². The van der Waals surface area contributed by atoms with Crippen LogP contribution in [-0.2, 0) is 11.0 Å². The molecule has 1 aliphatic carbocycles. The van der Waals surface area contributed by atoms with Crippen LogP contribution < -0.4 is 5.32 Å². The molecule has 0 heterocycles. The van der Waals surface area contributed by atoms with Crippen molar-refractivity contribution >= 4 is 52.3 Å². The first-order valence-electron chi connectivity index (χ1n) is 11.1. The highest BCUT2D eigenvalue weighted by atomic mass is 35.5. The van der Waals surface area contributed by atoms with Crippen molar-refractivity contribution in [2.45, 2.75) is 37.5 Å². The number of terminal acetylenes is 1. The molecule has 1 fully saturated rings. The summed E-state index contributed by atoms with van der Waals surface area (Å²) in [7, 11) is 0. The van der Waals surface area contributed by atoms with E-state index >= 15 is 4.39 Å². The number of carbonyl (C=O) groups excluding carboxylic acids is 2. The highest BCUT2D eigenvalue weighted by molar-refractivity contribution is 6.48. The minimum atomic E-state index is -5.16. The zero-order valence-electron chi connectivity index (χ0n) is 19.5. The molecule has 3 nitrogen and oxygen atoms in total. The Morgan fingerprint density at radius 3 is 2.13 bits per heavy atom. The number of Topliss-reactive ketones (excluding diaryl/α,β-unsaturated/α-hetero) is 1. The van der Waals surface area contributed by atoms with Crippen LogP contribution >= 0.6 is 34.8 Å². The van der Waals surface area contributed by atoms with E-state index in [9.17, 15) is 35.9 Å². The molecule has 0 bridgehead atoms. The molecule has 13 heteroatoms. The summed E-state index contributed by atoms with van der Waals surface area (Å²) in [5.41, 5.74) is -5.07. The number of rotatable bonds is 8. The number of benzene rings is 2. The summed E-state index contributed by atoms with van der Waals surface area (Å²) in [4.78, 5) is 25.1. The number of carbonyl (C=O) groups is 2. The average molecular weight is 615 g/mol. The Labute approximate surface area is 233 Å². The normalized spacial score (nSPS) is 15.9. The first-order chi connectivity index (χ1) is 18.0. The smallest absolute Gasteiger partial charge is 0.345 e. The molecule has 0 aromatic heterocycles. The Balaban J connectivity index is 1.99. The van der Waals surface area contributed by atoms with Crippen molar-refractivity contribution in [3.8, 4) is 12.3 Å². The molecule has 2 aromatic rings. The van der Waals surface area contributed by atoms with Gasteiger partial charge in [-0.1, -0.05) is 52.9 Å². The van der Waals surface area contributed by atoms with Gasteiger partial charge in [-0.05, 0) is 42.7 Å². The van der Waals surface area contributed by atoms with Crippen LogP contribution in [0.5, 0.6) is 0 Å². The number of nitrogens with one attached hydrogen (secondary N) is 1. The summed E-state index contributed by atoms with van der Waals surface area (Å²) >= 11 is 17.3. The third-order valence-corrected chi connectivity index (χ3v) is 7.31. The molecule has 39 heavy (non-hydrogen) atoms. The van der Waals surface area contributed by atoms with Crippen molar-refractivity contribution in [1.29, 1.82) is 0 Å². The van der Waals surface area contributed by atoms with Crippen molar-refractivity contribution in [3.63, 3.8) is 0 Å². The van der Waals surface area contributed by atoms with Crippen LogP contribution in [0.1, 0.15) is 52.2 Å². The molecule has 0 spiro atoms. The Kier molecular flexibility index (Phi) is 9.00. The van der Waals surface area contributed by atoms with Gasteiger partial charge in [-0.3, -0.25) is 9.59 Å². The SMILES string of the molecule is C#CCNC(=O)C1(CC(=O)c2ccc(/C(F)=C/C(c3cc(Cl)c(Cl)c(Cl)c3)C(F)(F)F)cc2C(F)(F)F)CC1. The number of alkyl halides is 6. The van der Waals surface area contributed by atoms with E-state index in [1.54, 1.807) is 0 Å². The third kappa shape index (κ3) is 7.07. The largest absolute Gasteiger partial charge is 0.417 e. The Bertz CT molecular complexity index is 1350. The van der Waals surface area contributed by atoms with Crippen LogP contribution in [0.15, 0.2) is 36.4 Å². The van der Waals surface area contributed by atoms with Gasteiger partial charge in [0.05, 0.1) is 32.6 Å². The summed E-state index contributed by atoms with van der Waals surface area (Å²) in [5, 5.41) is 1.48. The predicted molar refractivity (Wildman–Crippen MR) is 133 cm³/mol. The molecular formula is C26H17Cl3F7NO2. The number of amides is 1. The molecule has 208 valence electrons. The van der Waals surface area contributed by atoms with Crippen molar-refractivity contribution < 1.29 is 40.3 Å². The highest BCUT2D eigenvalue weighted by Gasteiger charge is 2.51. The van der Waals surface area contributed by atoms with Gasteiger partial charge in [-0.25, -0.2) is 4.39 Å². The lowest BCUT2D eigenvalue weighted by molar-refractivity contribution is -0.140.